The highest BCUT2D eigenvalue weighted by Gasteiger charge is 2.25. The van der Waals surface area contributed by atoms with Gasteiger partial charge in [-0.25, -0.2) is 4.98 Å². The van der Waals surface area contributed by atoms with Crippen LogP contribution in [0.3, 0.4) is 0 Å². The van der Waals surface area contributed by atoms with Crippen LogP contribution in [-0.4, -0.2) is 72.4 Å². The molecule has 32 heavy (non-hydrogen) atoms. The predicted octanol–water partition coefficient (Wildman–Crippen LogP) is 4.52. The molecular formula is C26H34N4OS. The minimum atomic E-state index is 0.143. The second kappa shape index (κ2) is 10.6. The van der Waals surface area contributed by atoms with Gasteiger partial charge in [-0.3, -0.25) is 9.69 Å². The molecule has 0 spiro atoms. The first kappa shape index (κ1) is 22.9. The van der Waals surface area contributed by atoms with Crippen LogP contribution in [0.15, 0.2) is 47.8 Å². The van der Waals surface area contributed by atoms with Crippen molar-refractivity contribution in [1.29, 1.82) is 0 Å². The Morgan fingerprint density at radius 2 is 1.97 bits per heavy atom. The number of thiazole rings is 1. The molecule has 0 radical (unpaired) electrons. The zero-order valence-corrected chi connectivity index (χ0v) is 20.3. The van der Waals surface area contributed by atoms with E-state index in [9.17, 15) is 4.79 Å². The van der Waals surface area contributed by atoms with Gasteiger partial charge in [0, 0.05) is 43.7 Å². The molecule has 6 heteroatoms. The number of nitrogens with zero attached hydrogens (tertiary/aromatic N) is 4. The number of hydrogen-bond acceptors (Lipinski definition) is 5. The highest BCUT2D eigenvalue weighted by Crippen LogP contribution is 2.22. The average Bonchev–Trinajstić information content (AvgIpc) is 3.20. The number of likely N-dealkylation sites (N-methyl/N-ethyl adjacent to an activating group) is 1. The van der Waals surface area contributed by atoms with Crippen molar-refractivity contribution in [2.45, 2.75) is 26.3 Å². The fraction of sp³-hybridized carbons (Fsp3) is 0.462. The van der Waals surface area contributed by atoms with Gasteiger partial charge in [0.2, 0.25) is 0 Å². The quantitative estimate of drug-likeness (QED) is 0.506. The minimum Gasteiger partial charge on any atom is -0.337 e. The number of aromatic nitrogens is 1. The summed E-state index contributed by atoms with van der Waals surface area (Å²) >= 11 is 1.72. The van der Waals surface area contributed by atoms with E-state index in [1.54, 1.807) is 11.3 Å². The normalized spacial score (nSPS) is 17.2. The standard InChI is InChI=1S/C26H34N4OS/c1-20-27-25(19-32-20)18-29-12-6-7-21(16-29)17-30(14-13-28(2)3)26(31)24-11-10-22-8-4-5-9-23(22)15-24/h4-5,8-11,15,19,21H,6-7,12-14,16-18H2,1-3H3/t21-/m0/s1. The smallest absolute Gasteiger partial charge is 0.253 e. The lowest BCUT2D eigenvalue weighted by Gasteiger charge is -2.36. The number of aryl methyl sites for hydroxylation is 1. The van der Waals surface area contributed by atoms with Gasteiger partial charge in [0.25, 0.3) is 5.91 Å². The number of piperidine rings is 1. The fourth-order valence-corrected chi connectivity index (χ4v) is 5.17. The summed E-state index contributed by atoms with van der Waals surface area (Å²) in [4.78, 5) is 24.9. The van der Waals surface area contributed by atoms with Crippen molar-refractivity contribution in [3.8, 4) is 0 Å². The van der Waals surface area contributed by atoms with Gasteiger partial charge in [0.15, 0.2) is 0 Å². The van der Waals surface area contributed by atoms with Crippen LogP contribution in [-0.2, 0) is 6.54 Å². The van der Waals surface area contributed by atoms with Gasteiger partial charge in [-0.2, -0.15) is 0 Å². The second-order valence-electron chi connectivity index (χ2n) is 9.22. The van der Waals surface area contributed by atoms with E-state index in [1.165, 1.54) is 23.9 Å². The molecule has 0 aliphatic carbocycles. The van der Waals surface area contributed by atoms with E-state index in [2.05, 4.69) is 64.3 Å². The summed E-state index contributed by atoms with van der Waals surface area (Å²) in [5, 5.41) is 5.59. The number of carbonyl (C=O) groups is 1. The lowest BCUT2D eigenvalue weighted by atomic mass is 9.96. The van der Waals surface area contributed by atoms with Crippen molar-refractivity contribution in [3.63, 3.8) is 0 Å². The van der Waals surface area contributed by atoms with Crippen LogP contribution in [0.25, 0.3) is 10.8 Å². The number of fused-ring (bicyclic) bond motifs is 1. The third-order valence-corrected chi connectivity index (χ3v) is 7.06. The molecule has 1 amide bonds. The van der Waals surface area contributed by atoms with Crippen LogP contribution < -0.4 is 0 Å². The Bertz CT molecular complexity index is 1050. The Balaban J connectivity index is 1.45. The van der Waals surface area contributed by atoms with E-state index in [1.807, 2.05) is 24.3 Å². The third-order valence-electron chi connectivity index (χ3n) is 6.23. The first-order valence-electron chi connectivity index (χ1n) is 11.5. The van der Waals surface area contributed by atoms with Gasteiger partial charge in [-0.1, -0.05) is 30.3 Å². The lowest BCUT2D eigenvalue weighted by molar-refractivity contribution is 0.0660. The number of benzene rings is 2. The Hall–Kier alpha value is -2.28. The van der Waals surface area contributed by atoms with Crippen molar-refractivity contribution in [3.05, 3.63) is 64.1 Å². The van der Waals surface area contributed by atoms with E-state index in [0.717, 1.165) is 55.2 Å². The summed E-state index contributed by atoms with van der Waals surface area (Å²) in [7, 11) is 4.13. The van der Waals surface area contributed by atoms with Crippen molar-refractivity contribution >= 4 is 28.0 Å². The molecule has 0 N–H and O–H groups in total. The Kier molecular flexibility index (Phi) is 7.55. The summed E-state index contributed by atoms with van der Waals surface area (Å²) in [5.41, 5.74) is 1.96. The maximum atomic E-state index is 13.5. The molecule has 1 aliphatic heterocycles. The van der Waals surface area contributed by atoms with Crippen LogP contribution in [0.5, 0.6) is 0 Å². The lowest BCUT2D eigenvalue weighted by Crippen LogP contribution is -2.44. The van der Waals surface area contributed by atoms with Crippen molar-refractivity contribution in [2.24, 2.45) is 5.92 Å². The molecule has 1 fully saturated rings. The van der Waals surface area contributed by atoms with Gasteiger partial charge in [0.05, 0.1) is 10.7 Å². The average molecular weight is 451 g/mol. The number of likely N-dealkylation sites (tertiary alicyclic amines) is 1. The molecular weight excluding hydrogens is 416 g/mol. The molecule has 2 heterocycles. The summed E-state index contributed by atoms with van der Waals surface area (Å²) in [6.45, 7) is 7.55. The van der Waals surface area contributed by atoms with E-state index >= 15 is 0 Å². The molecule has 3 aromatic rings. The maximum absolute atomic E-state index is 13.5. The molecule has 2 aromatic carbocycles. The molecule has 1 aromatic heterocycles. The second-order valence-corrected chi connectivity index (χ2v) is 10.3. The summed E-state index contributed by atoms with van der Waals surface area (Å²) in [6, 6.07) is 14.3. The Morgan fingerprint density at radius 3 is 2.72 bits per heavy atom. The van der Waals surface area contributed by atoms with E-state index in [0.29, 0.717) is 5.92 Å². The summed E-state index contributed by atoms with van der Waals surface area (Å²) in [6.07, 6.45) is 2.36. The first-order valence-corrected chi connectivity index (χ1v) is 12.4. The van der Waals surface area contributed by atoms with Gasteiger partial charge in [0.1, 0.15) is 0 Å². The van der Waals surface area contributed by atoms with Crippen LogP contribution in [0.1, 0.15) is 33.9 Å². The van der Waals surface area contributed by atoms with Gasteiger partial charge >= 0.3 is 0 Å². The van der Waals surface area contributed by atoms with Crippen molar-refractivity contribution in [1.82, 2.24) is 19.7 Å². The van der Waals surface area contributed by atoms with Crippen LogP contribution in [0, 0.1) is 12.8 Å². The monoisotopic (exact) mass is 450 g/mol. The van der Waals surface area contributed by atoms with Crippen molar-refractivity contribution < 1.29 is 4.79 Å². The molecule has 0 unspecified atom stereocenters. The van der Waals surface area contributed by atoms with Crippen LogP contribution in [0.2, 0.25) is 0 Å². The maximum Gasteiger partial charge on any atom is 0.253 e. The third kappa shape index (κ3) is 5.94. The highest BCUT2D eigenvalue weighted by molar-refractivity contribution is 7.09. The number of hydrogen-bond donors (Lipinski definition) is 0. The molecule has 5 nitrogen and oxygen atoms in total. The largest absolute Gasteiger partial charge is 0.337 e. The first-order chi connectivity index (χ1) is 15.5. The summed E-state index contributed by atoms with van der Waals surface area (Å²) in [5.74, 6) is 0.639. The predicted molar refractivity (Wildman–Crippen MR) is 133 cm³/mol. The van der Waals surface area contributed by atoms with Gasteiger partial charge < -0.3 is 9.80 Å². The summed E-state index contributed by atoms with van der Waals surface area (Å²) < 4.78 is 0. The number of carbonyl (C=O) groups excluding carboxylic acids is 1. The van der Waals surface area contributed by atoms with Crippen LogP contribution in [0.4, 0.5) is 0 Å². The zero-order chi connectivity index (χ0) is 22.5. The minimum absolute atomic E-state index is 0.143. The molecule has 1 aliphatic rings. The number of amides is 1. The van der Waals surface area contributed by atoms with Gasteiger partial charge in [-0.05, 0) is 69.2 Å². The molecule has 0 bridgehead atoms. The molecule has 170 valence electrons. The molecule has 0 saturated carbocycles. The van der Waals surface area contributed by atoms with E-state index in [4.69, 9.17) is 0 Å². The van der Waals surface area contributed by atoms with Crippen molar-refractivity contribution in [2.75, 3.05) is 46.8 Å². The molecule has 1 atom stereocenters. The zero-order valence-electron chi connectivity index (χ0n) is 19.5. The fourth-order valence-electron chi connectivity index (χ4n) is 4.57. The topological polar surface area (TPSA) is 39.7 Å². The Labute approximate surface area is 195 Å². The Morgan fingerprint density at radius 1 is 1.16 bits per heavy atom. The molecule has 1 saturated heterocycles. The van der Waals surface area contributed by atoms with Gasteiger partial charge in [-0.15, -0.1) is 11.3 Å². The SMILES string of the molecule is Cc1nc(CN2CCC[C@H](CN(CCN(C)C)C(=O)c3ccc4ccccc4c3)C2)cs1. The van der Waals surface area contributed by atoms with E-state index < -0.39 is 0 Å². The van der Waals surface area contributed by atoms with Crippen LogP contribution >= 0.6 is 11.3 Å². The van der Waals surface area contributed by atoms with E-state index in [-0.39, 0.29) is 5.91 Å². The number of rotatable bonds is 8. The molecule has 4 rings (SSSR count). The highest BCUT2D eigenvalue weighted by atomic mass is 32.1.